The average molecular weight is 185 g/mol. The average Bonchev–Trinajstić information content (AvgIpc) is 2.86. The highest BCUT2D eigenvalue weighted by molar-refractivity contribution is 5.81. The number of hydrogen-bond donors (Lipinski definition) is 2. The van der Waals surface area contributed by atoms with Gasteiger partial charge in [-0.3, -0.25) is 5.32 Å². The molecule has 0 spiro atoms. The zero-order valence-electron chi connectivity index (χ0n) is 7.69. The van der Waals surface area contributed by atoms with Crippen molar-refractivity contribution in [2.45, 2.75) is 38.1 Å². The molecule has 0 aliphatic heterocycles. The Hall–Kier alpha value is -0.870. The van der Waals surface area contributed by atoms with Crippen LogP contribution in [0.1, 0.15) is 19.8 Å². The van der Waals surface area contributed by atoms with Crippen LogP contribution in [0, 0.1) is 0 Å². The lowest BCUT2D eigenvalue weighted by Crippen LogP contribution is -2.42. The molecule has 0 heterocycles. The second-order valence-electron chi connectivity index (χ2n) is 3.24. The summed E-state index contributed by atoms with van der Waals surface area (Å²) in [5.74, 6) is -0.515. The summed E-state index contributed by atoms with van der Waals surface area (Å²) in [4.78, 5) is 10.8. The van der Waals surface area contributed by atoms with E-state index in [9.17, 15) is 9.90 Å². The fourth-order valence-corrected chi connectivity index (χ4v) is 0.927. The minimum atomic E-state index is -0.704. The van der Waals surface area contributed by atoms with Crippen molar-refractivity contribution in [3.8, 4) is 0 Å². The van der Waals surface area contributed by atoms with E-state index in [1.165, 1.54) is 0 Å². The van der Waals surface area contributed by atoms with Crippen LogP contribution in [0.25, 0.3) is 0 Å². The van der Waals surface area contributed by atoms with Gasteiger partial charge in [-0.2, -0.15) is 0 Å². The molecule has 13 heavy (non-hydrogen) atoms. The molecule has 1 aliphatic rings. The maximum atomic E-state index is 10.8. The zero-order chi connectivity index (χ0) is 9.84. The summed E-state index contributed by atoms with van der Waals surface area (Å²) in [6, 6.07) is 0.386. The molecule has 0 bridgehead atoms. The van der Waals surface area contributed by atoms with E-state index in [0.717, 1.165) is 18.9 Å². The normalized spacial score (nSPS) is 20.5. The molecule has 0 amide bonds. The Bertz CT molecular complexity index is 199. The quantitative estimate of drug-likeness (QED) is 0.364. The zero-order valence-corrected chi connectivity index (χ0v) is 7.69. The number of carbonyl (C=O) groups is 1. The highest BCUT2D eigenvalue weighted by Crippen LogP contribution is 2.20. The van der Waals surface area contributed by atoms with Crippen molar-refractivity contribution in [2.75, 3.05) is 0 Å². The molecular formula is C9H15NO3. The molecule has 1 fully saturated rings. The molecule has 0 radical (unpaired) electrons. The van der Waals surface area contributed by atoms with E-state index < -0.39 is 18.3 Å². The van der Waals surface area contributed by atoms with E-state index in [1.807, 2.05) is 0 Å². The first-order valence-corrected chi connectivity index (χ1v) is 4.40. The first kappa shape index (κ1) is 10.2. The summed E-state index contributed by atoms with van der Waals surface area (Å²) >= 11 is 0. The van der Waals surface area contributed by atoms with E-state index in [4.69, 9.17) is 4.74 Å². The van der Waals surface area contributed by atoms with Gasteiger partial charge in [0.2, 0.25) is 0 Å². The van der Waals surface area contributed by atoms with E-state index in [-0.39, 0.29) is 0 Å². The van der Waals surface area contributed by atoms with Crippen LogP contribution in [0.3, 0.4) is 0 Å². The molecule has 4 nitrogen and oxygen atoms in total. The Morgan fingerprint density at radius 1 is 1.77 bits per heavy atom. The molecule has 0 aromatic heterocycles. The topological polar surface area (TPSA) is 58.6 Å². The highest BCUT2D eigenvalue weighted by Gasteiger charge is 2.28. The smallest absolute Gasteiger partial charge is 0.331 e. The first-order chi connectivity index (χ1) is 6.13. The number of ether oxygens (including phenoxy) is 1. The van der Waals surface area contributed by atoms with Crippen molar-refractivity contribution in [1.82, 2.24) is 5.32 Å². The maximum Gasteiger partial charge on any atom is 0.331 e. The Kier molecular flexibility index (Phi) is 3.45. The number of aliphatic hydroxyl groups excluding tert-OH is 1. The Balaban J connectivity index is 2.35. The van der Waals surface area contributed by atoms with E-state index in [0.29, 0.717) is 6.04 Å². The van der Waals surface area contributed by atoms with Crippen LogP contribution >= 0.6 is 0 Å². The van der Waals surface area contributed by atoms with Gasteiger partial charge in [0.05, 0.1) is 0 Å². The van der Waals surface area contributed by atoms with Gasteiger partial charge >= 0.3 is 5.97 Å². The third kappa shape index (κ3) is 3.57. The van der Waals surface area contributed by atoms with Crippen molar-refractivity contribution < 1.29 is 14.6 Å². The summed E-state index contributed by atoms with van der Waals surface area (Å²) in [6.07, 6.45) is 1.93. The standard InChI is InChI=1S/C9H15NO3/c1-3-8(12)13-9(6(2)11)10-7-4-5-7/h3,6-7,9-11H,1,4-5H2,2H3. The predicted molar refractivity (Wildman–Crippen MR) is 47.9 cm³/mol. The van der Waals surface area contributed by atoms with Gasteiger partial charge in [0.15, 0.2) is 6.23 Å². The number of esters is 1. The second kappa shape index (κ2) is 4.39. The molecule has 0 aromatic carbocycles. The van der Waals surface area contributed by atoms with E-state index >= 15 is 0 Å². The predicted octanol–water partition coefficient (Wildman–Crippen LogP) is 0.174. The van der Waals surface area contributed by atoms with Crippen molar-refractivity contribution in [2.24, 2.45) is 0 Å². The molecule has 1 aliphatic carbocycles. The Morgan fingerprint density at radius 2 is 2.38 bits per heavy atom. The molecule has 0 saturated heterocycles. The second-order valence-corrected chi connectivity index (χ2v) is 3.24. The van der Waals surface area contributed by atoms with Gasteiger partial charge in [0.1, 0.15) is 6.10 Å². The minimum Gasteiger partial charge on any atom is -0.441 e. The van der Waals surface area contributed by atoms with Crippen LogP contribution in [0.15, 0.2) is 12.7 Å². The van der Waals surface area contributed by atoms with Crippen LogP contribution in [0.4, 0.5) is 0 Å². The number of rotatable bonds is 5. The fraction of sp³-hybridized carbons (Fsp3) is 0.667. The number of hydrogen-bond acceptors (Lipinski definition) is 4. The van der Waals surface area contributed by atoms with Crippen LogP contribution in [0.5, 0.6) is 0 Å². The number of carbonyl (C=O) groups excluding carboxylic acids is 1. The van der Waals surface area contributed by atoms with Crippen molar-refractivity contribution in [1.29, 1.82) is 0 Å². The van der Waals surface area contributed by atoms with E-state index in [2.05, 4.69) is 11.9 Å². The summed E-state index contributed by atoms with van der Waals surface area (Å²) in [5, 5.41) is 12.3. The molecule has 74 valence electrons. The van der Waals surface area contributed by atoms with Gasteiger partial charge in [-0.25, -0.2) is 4.79 Å². The Morgan fingerprint density at radius 3 is 2.77 bits per heavy atom. The Labute approximate surface area is 77.6 Å². The number of nitrogens with one attached hydrogen (secondary N) is 1. The molecule has 2 unspecified atom stereocenters. The van der Waals surface area contributed by atoms with Crippen molar-refractivity contribution in [3.63, 3.8) is 0 Å². The van der Waals surface area contributed by atoms with Gasteiger partial charge < -0.3 is 9.84 Å². The summed E-state index contributed by atoms with van der Waals surface area (Å²) < 4.78 is 4.89. The van der Waals surface area contributed by atoms with Crippen LogP contribution in [-0.4, -0.2) is 29.4 Å². The largest absolute Gasteiger partial charge is 0.441 e. The van der Waals surface area contributed by atoms with Crippen molar-refractivity contribution in [3.05, 3.63) is 12.7 Å². The fourth-order valence-electron chi connectivity index (χ4n) is 0.927. The third-order valence-electron chi connectivity index (χ3n) is 1.83. The van der Waals surface area contributed by atoms with Gasteiger partial charge in [0.25, 0.3) is 0 Å². The molecule has 2 N–H and O–H groups in total. The maximum absolute atomic E-state index is 10.8. The van der Waals surface area contributed by atoms with Crippen LogP contribution in [-0.2, 0) is 9.53 Å². The summed E-state index contributed by atoms with van der Waals surface area (Å²) in [6.45, 7) is 4.86. The summed E-state index contributed by atoms with van der Waals surface area (Å²) in [7, 11) is 0. The van der Waals surface area contributed by atoms with Gasteiger partial charge in [-0.05, 0) is 19.8 Å². The van der Waals surface area contributed by atoms with Gasteiger partial charge in [-0.1, -0.05) is 6.58 Å². The van der Waals surface area contributed by atoms with Crippen molar-refractivity contribution >= 4 is 5.97 Å². The lowest BCUT2D eigenvalue weighted by atomic mass is 10.3. The van der Waals surface area contributed by atoms with Gasteiger partial charge in [0, 0.05) is 12.1 Å². The molecule has 1 saturated carbocycles. The molecule has 2 atom stereocenters. The molecule has 4 heteroatoms. The van der Waals surface area contributed by atoms with E-state index in [1.54, 1.807) is 6.92 Å². The van der Waals surface area contributed by atoms with Crippen LogP contribution < -0.4 is 5.32 Å². The van der Waals surface area contributed by atoms with Gasteiger partial charge in [-0.15, -0.1) is 0 Å². The molecule has 1 rings (SSSR count). The van der Waals surface area contributed by atoms with Crippen LogP contribution in [0.2, 0.25) is 0 Å². The minimum absolute atomic E-state index is 0.386. The lowest BCUT2D eigenvalue weighted by molar-refractivity contribution is -0.150. The molecule has 0 aromatic rings. The number of aliphatic hydroxyl groups is 1. The first-order valence-electron chi connectivity index (χ1n) is 4.40. The highest BCUT2D eigenvalue weighted by atomic mass is 16.6. The molecular weight excluding hydrogens is 170 g/mol. The monoisotopic (exact) mass is 185 g/mol. The SMILES string of the molecule is C=CC(=O)OC(NC1CC1)C(C)O. The third-order valence-corrected chi connectivity index (χ3v) is 1.83. The lowest BCUT2D eigenvalue weighted by Gasteiger charge is -2.20. The summed E-state index contributed by atoms with van der Waals surface area (Å²) in [5.41, 5.74) is 0.